The fourth-order valence-corrected chi connectivity index (χ4v) is 2.35. The van der Waals surface area contributed by atoms with E-state index in [4.69, 9.17) is 10.4 Å². The first-order chi connectivity index (χ1) is 12.7. The minimum absolute atomic E-state index is 0.524. The van der Waals surface area contributed by atoms with Crippen LogP contribution >= 0.6 is 0 Å². The molecule has 0 saturated heterocycles. The Labute approximate surface area is 158 Å². The van der Waals surface area contributed by atoms with Gasteiger partial charge in [-0.05, 0) is 18.9 Å². The SMILES string of the molecule is CCCCCCCCCCCC=CC=CC=CC=CC=C(OO)C(=O)O. The van der Waals surface area contributed by atoms with Crippen LogP contribution in [0.1, 0.15) is 71.1 Å². The van der Waals surface area contributed by atoms with Gasteiger partial charge in [-0.3, -0.25) is 0 Å². The summed E-state index contributed by atoms with van der Waals surface area (Å²) >= 11 is 0. The maximum absolute atomic E-state index is 10.5. The minimum Gasteiger partial charge on any atom is -0.475 e. The number of allylic oxidation sites excluding steroid dienone is 9. The molecule has 146 valence electrons. The van der Waals surface area contributed by atoms with Gasteiger partial charge >= 0.3 is 5.97 Å². The van der Waals surface area contributed by atoms with Crippen LogP contribution < -0.4 is 0 Å². The number of carboxylic acids is 1. The summed E-state index contributed by atoms with van der Waals surface area (Å²) in [6.45, 7) is 2.25. The third-order valence-corrected chi connectivity index (χ3v) is 3.83. The number of hydrogen-bond donors (Lipinski definition) is 2. The van der Waals surface area contributed by atoms with Crippen LogP contribution in [0, 0.1) is 0 Å². The van der Waals surface area contributed by atoms with Crippen molar-refractivity contribution in [1.82, 2.24) is 0 Å². The van der Waals surface area contributed by atoms with Gasteiger partial charge in [0.1, 0.15) is 0 Å². The molecule has 0 rings (SSSR count). The number of aliphatic carboxylic acids is 1. The van der Waals surface area contributed by atoms with Crippen molar-refractivity contribution in [2.75, 3.05) is 0 Å². The van der Waals surface area contributed by atoms with Gasteiger partial charge < -0.3 is 9.99 Å². The monoisotopic (exact) mass is 362 g/mol. The molecule has 2 N–H and O–H groups in total. The number of unbranched alkanes of at least 4 members (excludes halogenated alkanes) is 9. The molecule has 4 nitrogen and oxygen atoms in total. The minimum atomic E-state index is -1.32. The van der Waals surface area contributed by atoms with E-state index >= 15 is 0 Å². The predicted molar refractivity (Wildman–Crippen MR) is 108 cm³/mol. The fourth-order valence-electron chi connectivity index (χ4n) is 2.35. The molecule has 0 fully saturated rings. The Kier molecular flexibility index (Phi) is 17.7. The Morgan fingerprint density at radius 2 is 1.27 bits per heavy atom. The first kappa shape index (κ1) is 23.9. The van der Waals surface area contributed by atoms with Gasteiger partial charge in [-0.15, -0.1) is 0 Å². The summed E-state index contributed by atoms with van der Waals surface area (Å²) in [6, 6.07) is 0. The maximum atomic E-state index is 10.5. The number of carbonyl (C=O) groups is 1. The topological polar surface area (TPSA) is 66.8 Å². The molecule has 0 amide bonds. The summed E-state index contributed by atoms with van der Waals surface area (Å²) in [5.41, 5.74) is 0. The molecular weight excluding hydrogens is 328 g/mol. The van der Waals surface area contributed by atoms with Gasteiger partial charge in [0.15, 0.2) is 0 Å². The largest absolute Gasteiger partial charge is 0.475 e. The van der Waals surface area contributed by atoms with Crippen molar-refractivity contribution in [3.8, 4) is 0 Å². The normalized spacial score (nSPS) is 12.9. The third-order valence-electron chi connectivity index (χ3n) is 3.83. The second-order valence-corrected chi connectivity index (χ2v) is 6.13. The van der Waals surface area contributed by atoms with Crippen LogP contribution in [0.3, 0.4) is 0 Å². The standard InChI is InChI=1S/C22H34O4/c1-2-3-4-5-6-7-8-9-10-11-12-13-14-15-16-17-18-19-20-21(26-25)22(23)24/h12-20,25H,2-11H2,1H3,(H,23,24). The number of rotatable bonds is 16. The van der Waals surface area contributed by atoms with Crippen LogP contribution in [0.5, 0.6) is 0 Å². The van der Waals surface area contributed by atoms with Crippen LogP contribution in [-0.4, -0.2) is 16.3 Å². The fraction of sp³-hybridized carbons (Fsp3) is 0.500. The van der Waals surface area contributed by atoms with Crippen molar-refractivity contribution in [2.24, 2.45) is 0 Å². The van der Waals surface area contributed by atoms with E-state index in [9.17, 15) is 4.79 Å². The summed E-state index contributed by atoms with van der Waals surface area (Å²) in [6.07, 6.45) is 29.3. The molecule has 0 unspecified atom stereocenters. The van der Waals surface area contributed by atoms with Crippen LogP contribution in [0.4, 0.5) is 0 Å². The summed E-state index contributed by atoms with van der Waals surface area (Å²) in [5, 5.41) is 16.9. The van der Waals surface area contributed by atoms with E-state index in [1.165, 1.54) is 69.9 Å². The van der Waals surface area contributed by atoms with E-state index in [2.05, 4.69) is 17.9 Å². The van der Waals surface area contributed by atoms with Crippen molar-refractivity contribution >= 4 is 5.97 Å². The Balaban J connectivity index is 3.63. The molecule has 0 aliphatic rings. The Morgan fingerprint density at radius 1 is 0.769 bits per heavy atom. The van der Waals surface area contributed by atoms with Crippen molar-refractivity contribution < 1.29 is 20.0 Å². The Hall–Kier alpha value is -2.07. The lowest BCUT2D eigenvalue weighted by atomic mass is 10.1. The molecule has 0 aromatic rings. The van der Waals surface area contributed by atoms with Gasteiger partial charge in [-0.25, -0.2) is 10.1 Å². The molecule has 0 bridgehead atoms. The average Bonchev–Trinajstić information content (AvgIpc) is 2.63. The molecule has 0 aromatic heterocycles. The lowest BCUT2D eigenvalue weighted by molar-refractivity contribution is -0.210. The molecule has 0 heterocycles. The van der Waals surface area contributed by atoms with Crippen LogP contribution in [0.15, 0.2) is 60.4 Å². The molecule has 0 aliphatic heterocycles. The summed E-state index contributed by atoms with van der Waals surface area (Å²) in [5.74, 6) is -1.84. The Bertz CT molecular complexity index is 484. The van der Waals surface area contributed by atoms with Crippen molar-refractivity contribution in [2.45, 2.75) is 71.1 Å². The third kappa shape index (κ3) is 16.8. The lowest BCUT2D eigenvalue weighted by Gasteiger charge is -2.00. The van der Waals surface area contributed by atoms with Gasteiger partial charge in [0.05, 0.1) is 0 Å². The molecule has 26 heavy (non-hydrogen) atoms. The molecule has 0 aliphatic carbocycles. The smallest absolute Gasteiger partial charge is 0.375 e. The zero-order valence-corrected chi connectivity index (χ0v) is 16.0. The lowest BCUT2D eigenvalue weighted by Crippen LogP contribution is -2.01. The molecule has 0 saturated carbocycles. The highest BCUT2D eigenvalue weighted by atomic mass is 17.1. The van der Waals surface area contributed by atoms with Gasteiger partial charge in [0.2, 0.25) is 5.76 Å². The van der Waals surface area contributed by atoms with Gasteiger partial charge in [0, 0.05) is 0 Å². The number of hydrogen-bond acceptors (Lipinski definition) is 3. The second kappa shape index (κ2) is 19.3. The molecule has 0 aromatic carbocycles. The molecular formula is C22H34O4. The van der Waals surface area contributed by atoms with Crippen molar-refractivity contribution in [3.05, 3.63) is 60.4 Å². The summed E-state index contributed by atoms with van der Waals surface area (Å²) < 4.78 is 0. The quantitative estimate of drug-likeness (QED) is 0.0811. The van der Waals surface area contributed by atoms with E-state index in [-0.39, 0.29) is 0 Å². The van der Waals surface area contributed by atoms with Gasteiger partial charge in [-0.2, -0.15) is 0 Å². The van der Waals surface area contributed by atoms with Crippen LogP contribution in [0.25, 0.3) is 0 Å². The van der Waals surface area contributed by atoms with E-state index in [1.807, 2.05) is 24.3 Å². The molecule has 0 atom stereocenters. The van der Waals surface area contributed by atoms with Crippen molar-refractivity contribution in [3.63, 3.8) is 0 Å². The predicted octanol–water partition coefficient (Wildman–Crippen LogP) is 6.59. The van der Waals surface area contributed by atoms with E-state index in [0.717, 1.165) is 6.42 Å². The van der Waals surface area contributed by atoms with Gasteiger partial charge in [0.25, 0.3) is 0 Å². The maximum Gasteiger partial charge on any atom is 0.375 e. The van der Waals surface area contributed by atoms with E-state index < -0.39 is 11.7 Å². The van der Waals surface area contributed by atoms with E-state index in [1.54, 1.807) is 12.2 Å². The zero-order valence-electron chi connectivity index (χ0n) is 16.0. The summed E-state index contributed by atoms with van der Waals surface area (Å²) in [4.78, 5) is 14.2. The molecule has 4 heteroatoms. The highest BCUT2D eigenvalue weighted by Gasteiger charge is 2.05. The first-order valence-electron chi connectivity index (χ1n) is 9.64. The van der Waals surface area contributed by atoms with E-state index in [0.29, 0.717) is 0 Å². The summed E-state index contributed by atoms with van der Waals surface area (Å²) in [7, 11) is 0. The highest BCUT2D eigenvalue weighted by molar-refractivity contribution is 5.84. The molecule has 0 spiro atoms. The van der Waals surface area contributed by atoms with Crippen molar-refractivity contribution in [1.29, 1.82) is 0 Å². The average molecular weight is 363 g/mol. The first-order valence-corrected chi connectivity index (χ1v) is 9.64. The number of carboxylic acid groups (broad SMARTS) is 1. The second-order valence-electron chi connectivity index (χ2n) is 6.13. The highest BCUT2D eigenvalue weighted by Crippen LogP contribution is 2.10. The van der Waals surface area contributed by atoms with Crippen LogP contribution in [-0.2, 0) is 9.68 Å². The Morgan fingerprint density at radius 3 is 1.81 bits per heavy atom. The zero-order chi connectivity index (χ0) is 19.3. The van der Waals surface area contributed by atoms with Gasteiger partial charge in [-0.1, -0.05) is 107 Å². The van der Waals surface area contributed by atoms with Crippen LogP contribution in [0.2, 0.25) is 0 Å². The molecule has 0 radical (unpaired) electrons.